The fourth-order valence-corrected chi connectivity index (χ4v) is 2.25. The second kappa shape index (κ2) is 8.20. The van der Waals surface area contributed by atoms with Crippen LogP contribution in [-0.2, 0) is 13.2 Å². The highest BCUT2D eigenvalue weighted by molar-refractivity contribution is 5.43. The average Bonchev–Trinajstić information content (AvgIpc) is 2.58. The summed E-state index contributed by atoms with van der Waals surface area (Å²) in [5, 5.41) is 3.57. The molecular formula is C21H29NO2. The lowest BCUT2D eigenvalue weighted by Gasteiger charge is -2.28. The molecule has 24 heavy (non-hydrogen) atoms. The monoisotopic (exact) mass is 327 g/mol. The van der Waals surface area contributed by atoms with Crippen molar-refractivity contribution in [2.24, 2.45) is 5.41 Å². The molecule has 2 aromatic rings. The number of nitrogens with one attached hydrogen (secondary N) is 1. The fraction of sp³-hybridized carbons (Fsp3) is 0.429. The van der Waals surface area contributed by atoms with Gasteiger partial charge in [0.25, 0.3) is 0 Å². The predicted molar refractivity (Wildman–Crippen MR) is 99.5 cm³/mol. The minimum absolute atomic E-state index is 0.239. The van der Waals surface area contributed by atoms with E-state index in [4.69, 9.17) is 9.47 Å². The molecule has 0 saturated carbocycles. The largest absolute Gasteiger partial charge is 0.493 e. The van der Waals surface area contributed by atoms with Gasteiger partial charge in [0.1, 0.15) is 6.61 Å². The Hall–Kier alpha value is -2.00. The minimum atomic E-state index is 0.239. The number of benzene rings is 2. The molecule has 0 aliphatic carbocycles. The number of hydrogen-bond acceptors (Lipinski definition) is 3. The third-order valence-corrected chi connectivity index (χ3v) is 4.38. The van der Waals surface area contributed by atoms with Crippen LogP contribution in [0.2, 0.25) is 0 Å². The van der Waals surface area contributed by atoms with Gasteiger partial charge < -0.3 is 14.8 Å². The molecule has 0 aliphatic rings. The van der Waals surface area contributed by atoms with Gasteiger partial charge in [-0.2, -0.15) is 0 Å². The average molecular weight is 327 g/mol. The quantitative estimate of drug-likeness (QED) is 0.792. The van der Waals surface area contributed by atoms with Crippen LogP contribution in [0.5, 0.6) is 11.5 Å². The van der Waals surface area contributed by atoms with Crippen LogP contribution >= 0.6 is 0 Å². The number of methoxy groups -OCH3 is 1. The first-order chi connectivity index (χ1) is 11.4. The third-order valence-electron chi connectivity index (χ3n) is 4.38. The van der Waals surface area contributed by atoms with Crippen molar-refractivity contribution >= 4 is 0 Å². The van der Waals surface area contributed by atoms with Gasteiger partial charge >= 0.3 is 0 Å². The van der Waals surface area contributed by atoms with Gasteiger partial charge in [0, 0.05) is 12.6 Å². The normalized spacial score (nSPS) is 12.7. The Labute approximate surface area is 146 Å². The molecule has 0 spiro atoms. The minimum Gasteiger partial charge on any atom is -0.493 e. The SMILES string of the molecule is COc1cc(CNC(C)C(C)(C)C)ccc1OCc1ccccc1. The molecule has 0 aliphatic heterocycles. The van der Waals surface area contributed by atoms with E-state index in [1.165, 1.54) is 5.56 Å². The van der Waals surface area contributed by atoms with E-state index in [0.717, 1.165) is 23.6 Å². The highest BCUT2D eigenvalue weighted by Gasteiger charge is 2.19. The van der Waals surface area contributed by atoms with Gasteiger partial charge in [-0.3, -0.25) is 0 Å². The molecule has 0 bridgehead atoms. The molecule has 130 valence electrons. The maximum absolute atomic E-state index is 5.90. The summed E-state index contributed by atoms with van der Waals surface area (Å²) in [5.41, 5.74) is 2.57. The topological polar surface area (TPSA) is 30.5 Å². The van der Waals surface area contributed by atoms with Crippen LogP contribution in [0.25, 0.3) is 0 Å². The van der Waals surface area contributed by atoms with E-state index in [9.17, 15) is 0 Å². The molecule has 2 rings (SSSR count). The first-order valence-corrected chi connectivity index (χ1v) is 8.47. The summed E-state index contributed by atoms with van der Waals surface area (Å²) in [7, 11) is 1.68. The van der Waals surface area contributed by atoms with Crippen molar-refractivity contribution in [1.29, 1.82) is 0 Å². The van der Waals surface area contributed by atoms with Crippen molar-refractivity contribution < 1.29 is 9.47 Å². The van der Waals surface area contributed by atoms with Crippen LogP contribution in [0.1, 0.15) is 38.8 Å². The first kappa shape index (κ1) is 18.3. The molecule has 0 amide bonds. The van der Waals surface area contributed by atoms with Crippen molar-refractivity contribution in [3.63, 3.8) is 0 Å². The lowest BCUT2D eigenvalue weighted by atomic mass is 9.88. The Kier molecular flexibility index (Phi) is 6.27. The molecule has 1 N–H and O–H groups in total. The van der Waals surface area contributed by atoms with Crippen molar-refractivity contribution in [3.05, 3.63) is 59.7 Å². The molecule has 3 heteroatoms. The van der Waals surface area contributed by atoms with Gasteiger partial charge in [-0.25, -0.2) is 0 Å². The molecule has 0 aromatic heterocycles. The first-order valence-electron chi connectivity index (χ1n) is 8.47. The van der Waals surface area contributed by atoms with Crippen molar-refractivity contribution in [3.8, 4) is 11.5 Å². The third kappa shape index (κ3) is 5.27. The maximum Gasteiger partial charge on any atom is 0.161 e. The second-order valence-corrected chi connectivity index (χ2v) is 7.23. The molecule has 0 heterocycles. The van der Waals surface area contributed by atoms with Crippen LogP contribution in [0.4, 0.5) is 0 Å². The van der Waals surface area contributed by atoms with Crippen LogP contribution in [0.15, 0.2) is 48.5 Å². The second-order valence-electron chi connectivity index (χ2n) is 7.23. The zero-order valence-corrected chi connectivity index (χ0v) is 15.4. The highest BCUT2D eigenvalue weighted by atomic mass is 16.5. The fourth-order valence-electron chi connectivity index (χ4n) is 2.25. The smallest absolute Gasteiger partial charge is 0.161 e. The van der Waals surface area contributed by atoms with E-state index >= 15 is 0 Å². The van der Waals surface area contributed by atoms with Crippen LogP contribution < -0.4 is 14.8 Å². The Morgan fingerprint density at radius 2 is 1.67 bits per heavy atom. The highest BCUT2D eigenvalue weighted by Crippen LogP contribution is 2.29. The summed E-state index contributed by atoms with van der Waals surface area (Å²) in [6.07, 6.45) is 0. The summed E-state index contributed by atoms with van der Waals surface area (Å²) in [4.78, 5) is 0. The molecule has 0 radical (unpaired) electrons. The molecule has 0 fully saturated rings. The summed E-state index contributed by atoms with van der Waals surface area (Å²) in [6, 6.07) is 16.7. The Bertz CT molecular complexity index is 632. The van der Waals surface area contributed by atoms with Gasteiger partial charge in [0.15, 0.2) is 11.5 Å². The summed E-state index contributed by atoms with van der Waals surface area (Å²) < 4.78 is 11.4. The Morgan fingerprint density at radius 3 is 2.29 bits per heavy atom. The molecule has 1 unspecified atom stereocenters. The number of rotatable bonds is 7. The van der Waals surface area contributed by atoms with E-state index in [0.29, 0.717) is 12.6 Å². The van der Waals surface area contributed by atoms with Gasteiger partial charge in [-0.05, 0) is 35.6 Å². The number of ether oxygens (including phenoxy) is 2. The van der Waals surface area contributed by atoms with Gasteiger partial charge in [-0.1, -0.05) is 57.2 Å². The maximum atomic E-state index is 5.90. The Balaban J connectivity index is 1.99. The Morgan fingerprint density at radius 1 is 0.958 bits per heavy atom. The van der Waals surface area contributed by atoms with Gasteiger partial charge in [0.05, 0.1) is 7.11 Å². The standard InChI is InChI=1S/C21H29NO2/c1-16(21(2,3)4)22-14-18-11-12-19(20(13-18)23-5)24-15-17-9-7-6-8-10-17/h6-13,16,22H,14-15H2,1-5H3. The summed E-state index contributed by atoms with van der Waals surface area (Å²) in [5.74, 6) is 1.54. The van der Waals surface area contributed by atoms with Crippen LogP contribution in [0.3, 0.4) is 0 Å². The predicted octanol–water partition coefficient (Wildman–Crippen LogP) is 4.80. The van der Waals surface area contributed by atoms with Gasteiger partial charge in [0.2, 0.25) is 0 Å². The van der Waals surface area contributed by atoms with Crippen molar-refractivity contribution in [2.75, 3.05) is 7.11 Å². The molecule has 0 saturated heterocycles. The molecule has 3 nitrogen and oxygen atoms in total. The molecular weight excluding hydrogens is 298 g/mol. The van der Waals surface area contributed by atoms with Crippen molar-refractivity contribution in [1.82, 2.24) is 5.32 Å². The number of hydrogen-bond donors (Lipinski definition) is 1. The van der Waals surface area contributed by atoms with Crippen LogP contribution in [0, 0.1) is 5.41 Å². The molecule has 2 aromatic carbocycles. The van der Waals surface area contributed by atoms with Crippen LogP contribution in [-0.4, -0.2) is 13.2 Å². The van der Waals surface area contributed by atoms with E-state index in [-0.39, 0.29) is 5.41 Å². The lowest BCUT2D eigenvalue weighted by molar-refractivity contribution is 0.281. The van der Waals surface area contributed by atoms with E-state index < -0.39 is 0 Å². The zero-order valence-electron chi connectivity index (χ0n) is 15.4. The van der Waals surface area contributed by atoms with Crippen molar-refractivity contribution in [2.45, 2.75) is 46.9 Å². The summed E-state index contributed by atoms with van der Waals surface area (Å²) >= 11 is 0. The summed E-state index contributed by atoms with van der Waals surface area (Å²) in [6.45, 7) is 10.3. The lowest BCUT2D eigenvalue weighted by Crippen LogP contribution is -2.37. The zero-order chi connectivity index (χ0) is 17.6. The molecule has 1 atom stereocenters. The van der Waals surface area contributed by atoms with E-state index in [1.807, 2.05) is 30.3 Å². The van der Waals surface area contributed by atoms with Gasteiger partial charge in [-0.15, -0.1) is 0 Å². The van der Waals surface area contributed by atoms with E-state index in [1.54, 1.807) is 7.11 Å². The van der Waals surface area contributed by atoms with E-state index in [2.05, 4.69) is 51.2 Å².